The highest BCUT2D eigenvalue weighted by Crippen LogP contribution is 2.28. The van der Waals surface area contributed by atoms with Crippen LogP contribution >= 0.6 is 22.9 Å². The third-order valence-corrected chi connectivity index (χ3v) is 5.17. The zero-order valence-electron chi connectivity index (χ0n) is 13.9. The van der Waals surface area contributed by atoms with Crippen molar-refractivity contribution in [2.75, 3.05) is 11.1 Å². The van der Waals surface area contributed by atoms with Crippen molar-refractivity contribution in [1.82, 2.24) is 24.6 Å². The third kappa shape index (κ3) is 2.95. The molecule has 3 N–H and O–H groups in total. The standard InChI is InChI=1S/C16H14ClN7OS/c1-7-10(8(2)24-15(19-7)22-14(18)23-24)6-13(25)21-16-20-11-4-3-9(17)5-12(11)26-16/h3-5H,6H2,1-2H3,(H2,18,23)(H,20,21,25). The van der Waals surface area contributed by atoms with Crippen LogP contribution in [0, 0.1) is 13.8 Å². The SMILES string of the molecule is Cc1nc2nc(N)nn2c(C)c1CC(=O)Nc1nc2ccc(Cl)cc2s1. The number of benzene rings is 1. The molecule has 0 unspecified atom stereocenters. The maximum absolute atomic E-state index is 12.5. The molecule has 3 heterocycles. The average Bonchev–Trinajstić information content (AvgIpc) is 3.13. The van der Waals surface area contributed by atoms with Gasteiger partial charge >= 0.3 is 0 Å². The van der Waals surface area contributed by atoms with E-state index in [1.165, 1.54) is 11.3 Å². The number of fused-ring (bicyclic) bond motifs is 2. The fourth-order valence-electron chi connectivity index (χ4n) is 2.76. The molecular weight excluding hydrogens is 374 g/mol. The molecule has 1 amide bonds. The van der Waals surface area contributed by atoms with Crippen molar-refractivity contribution >= 4 is 55.9 Å². The Morgan fingerprint density at radius 3 is 2.92 bits per heavy atom. The summed E-state index contributed by atoms with van der Waals surface area (Å²) in [7, 11) is 0. The van der Waals surface area contributed by atoms with Gasteiger partial charge in [0.1, 0.15) is 0 Å². The second-order valence-electron chi connectivity index (χ2n) is 5.80. The molecule has 4 rings (SSSR count). The Balaban J connectivity index is 1.60. The number of hydrogen-bond acceptors (Lipinski definition) is 7. The number of aryl methyl sites for hydroxylation is 2. The highest BCUT2D eigenvalue weighted by molar-refractivity contribution is 7.22. The van der Waals surface area contributed by atoms with Gasteiger partial charge in [-0.25, -0.2) is 9.97 Å². The Bertz CT molecular complexity index is 1170. The van der Waals surface area contributed by atoms with Crippen LogP contribution in [0.4, 0.5) is 11.1 Å². The zero-order valence-corrected chi connectivity index (χ0v) is 15.5. The Hall–Kier alpha value is -2.78. The van der Waals surface area contributed by atoms with Crippen LogP contribution in [0.25, 0.3) is 16.0 Å². The van der Waals surface area contributed by atoms with E-state index < -0.39 is 0 Å². The van der Waals surface area contributed by atoms with Gasteiger partial charge in [-0.15, -0.1) is 5.10 Å². The average molecular weight is 388 g/mol. The van der Waals surface area contributed by atoms with Crippen molar-refractivity contribution in [1.29, 1.82) is 0 Å². The van der Waals surface area contributed by atoms with Gasteiger partial charge in [0.2, 0.25) is 11.9 Å². The summed E-state index contributed by atoms with van der Waals surface area (Å²) in [6.45, 7) is 3.69. The summed E-state index contributed by atoms with van der Waals surface area (Å²) in [5.41, 5.74) is 8.70. The first-order valence-corrected chi connectivity index (χ1v) is 8.94. The van der Waals surface area contributed by atoms with Crippen LogP contribution in [0.1, 0.15) is 17.0 Å². The number of nitrogen functional groups attached to an aromatic ring is 1. The minimum atomic E-state index is -0.185. The lowest BCUT2D eigenvalue weighted by molar-refractivity contribution is -0.115. The summed E-state index contributed by atoms with van der Waals surface area (Å²) in [5.74, 6) is 0.384. The normalized spacial score (nSPS) is 11.3. The summed E-state index contributed by atoms with van der Waals surface area (Å²) < 4.78 is 2.46. The van der Waals surface area contributed by atoms with E-state index in [1.54, 1.807) is 10.6 Å². The molecule has 0 bridgehead atoms. The van der Waals surface area contributed by atoms with Gasteiger partial charge in [-0.1, -0.05) is 22.9 Å². The number of thiazole rings is 1. The number of nitrogens with zero attached hydrogens (tertiary/aromatic N) is 5. The molecule has 4 aromatic rings. The van der Waals surface area contributed by atoms with E-state index in [0.717, 1.165) is 21.5 Å². The summed E-state index contributed by atoms with van der Waals surface area (Å²) in [6.07, 6.45) is 0.150. The smallest absolute Gasteiger partial charge is 0.254 e. The number of hydrogen-bond donors (Lipinski definition) is 2. The number of nitrogens with one attached hydrogen (secondary N) is 1. The maximum atomic E-state index is 12.5. The second-order valence-corrected chi connectivity index (χ2v) is 7.27. The minimum absolute atomic E-state index is 0.148. The van der Waals surface area contributed by atoms with Gasteiger partial charge in [-0.05, 0) is 32.0 Å². The highest BCUT2D eigenvalue weighted by Gasteiger charge is 2.16. The first kappa shape index (κ1) is 16.7. The number of carbonyl (C=O) groups is 1. The van der Waals surface area contributed by atoms with Crippen LogP contribution in [0.5, 0.6) is 0 Å². The van der Waals surface area contributed by atoms with Crippen molar-refractivity contribution in [3.8, 4) is 0 Å². The van der Waals surface area contributed by atoms with E-state index in [2.05, 4.69) is 25.4 Å². The monoisotopic (exact) mass is 387 g/mol. The lowest BCUT2D eigenvalue weighted by atomic mass is 10.1. The Kier molecular flexibility index (Phi) is 3.97. The van der Waals surface area contributed by atoms with Crippen molar-refractivity contribution in [3.05, 3.63) is 40.2 Å². The van der Waals surface area contributed by atoms with E-state index in [9.17, 15) is 4.79 Å². The topological polar surface area (TPSA) is 111 Å². The van der Waals surface area contributed by atoms with Crippen molar-refractivity contribution in [2.45, 2.75) is 20.3 Å². The number of carbonyl (C=O) groups excluding carboxylic acids is 1. The van der Waals surface area contributed by atoms with Gasteiger partial charge in [-0.3, -0.25) is 4.79 Å². The summed E-state index contributed by atoms with van der Waals surface area (Å²) in [6, 6.07) is 5.42. The van der Waals surface area contributed by atoms with Crippen LogP contribution in [-0.2, 0) is 11.2 Å². The summed E-state index contributed by atoms with van der Waals surface area (Å²) in [4.78, 5) is 25.3. The van der Waals surface area contributed by atoms with Crippen molar-refractivity contribution in [3.63, 3.8) is 0 Å². The third-order valence-electron chi connectivity index (χ3n) is 4.00. The summed E-state index contributed by atoms with van der Waals surface area (Å²) in [5, 5.41) is 8.11. The number of anilines is 2. The Morgan fingerprint density at radius 1 is 1.31 bits per heavy atom. The Morgan fingerprint density at radius 2 is 2.12 bits per heavy atom. The van der Waals surface area contributed by atoms with Gasteiger partial charge in [0.25, 0.3) is 5.78 Å². The number of amides is 1. The highest BCUT2D eigenvalue weighted by atomic mass is 35.5. The largest absolute Gasteiger partial charge is 0.366 e. The molecule has 1 aromatic carbocycles. The first-order chi connectivity index (χ1) is 12.4. The summed E-state index contributed by atoms with van der Waals surface area (Å²) >= 11 is 7.37. The van der Waals surface area contributed by atoms with Crippen LogP contribution in [0.15, 0.2) is 18.2 Å². The van der Waals surface area contributed by atoms with Crippen molar-refractivity contribution in [2.24, 2.45) is 0 Å². The molecule has 0 saturated heterocycles. The predicted octanol–water partition coefficient (Wildman–Crippen LogP) is 2.77. The fraction of sp³-hybridized carbons (Fsp3) is 0.188. The van der Waals surface area contributed by atoms with E-state index in [4.69, 9.17) is 17.3 Å². The van der Waals surface area contributed by atoms with Crippen LogP contribution in [-0.4, -0.2) is 30.5 Å². The first-order valence-electron chi connectivity index (χ1n) is 7.75. The van der Waals surface area contributed by atoms with E-state index in [0.29, 0.717) is 21.6 Å². The van der Waals surface area contributed by atoms with Gasteiger partial charge in [0.15, 0.2) is 5.13 Å². The fourth-order valence-corrected chi connectivity index (χ4v) is 3.91. The zero-order chi connectivity index (χ0) is 18.4. The number of rotatable bonds is 3. The molecule has 0 spiro atoms. The van der Waals surface area contributed by atoms with Crippen LogP contribution < -0.4 is 11.1 Å². The molecule has 0 fully saturated rings. The molecule has 0 aliphatic heterocycles. The Labute approximate surface area is 157 Å². The molecule has 10 heteroatoms. The van der Waals surface area contributed by atoms with Gasteiger partial charge < -0.3 is 11.1 Å². The molecular formula is C16H14ClN7OS. The lowest BCUT2D eigenvalue weighted by Crippen LogP contribution is -2.17. The maximum Gasteiger partial charge on any atom is 0.254 e. The van der Waals surface area contributed by atoms with E-state index in [1.807, 2.05) is 26.0 Å². The van der Waals surface area contributed by atoms with Crippen LogP contribution in [0.2, 0.25) is 5.02 Å². The molecule has 132 valence electrons. The van der Waals surface area contributed by atoms with Gasteiger partial charge in [0.05, 0.1) is 16.6 Å². The lowest BCUT2D eigenvalue weighted by Gasteiger charge is -2.09. The molecule has 0 aliphatic carbocycles. The molecule has 0 atom stereocenters. The number of nitrogens with two attached hydrogens (primary N) is 1. The number of aromatic nitrogens is 5. The molecule has 26 heavy (non-hydrogen) atoms. The quantitative estimate of drug-likeness (QED) is 0.559. The minimum Gasteiger partial charge on any atom is -0.366 e. The molecule has 0 radical (unpaired) electrons. The van der Waals surface area contributed by atoms with Crippen LogP contribution in [0.3, 0.4) is 0 Å². The van der Waals surface area contributed by atoms with Gasteiger partial charge in [-0.2, -0.15) is 9.50 Å². The van der Waals surface area contributed by atoms with E-state index in [-0.39, 0.29) is 18.3 Å². The van der Waals surface area contributed by atoms with E-state index >= 15 is 0 Å². The molecule has 0 saturated carbocycles. The van der Waals surface area contributed by atoms with Crippen molar-refractivity contribution < 1.29 is 4.79 Å². The number of halogens is 1. The second kappa shape index (κ2) is 6.19. The van der Waals surface area contributed by atoms with Gasteiger partial charge in [0, 0.05) is 22.0 Å². The molecule has 3 aromatic heterocycles. The predicted molar refractivity (Wildman–Crippen MR) is 102 cm³/mol. The molecule has 8 nitrogen and oxygen atoms in total. The molecule has 0 aliphatic rings.